The number of nitrogens with one attached hydrogen (secondary N) is 2. The topological polar surface area (TPSA) is 81.7 Å². The first-order valence-corrected chi connectivity index (χ1v) is 6.31. The Bertz CT molecular complexity index is 492. The van der Waals surface area contributed by atoms with Crippen LogP contribution >= 0.6 is 0 Å². The van der Waals surface area contributed by atoms with Gasteiger partial charge in [0.1, 0.15) is 5.82 Å². The molecule has 1 aliphatic rings. The van der Waals surface area contributed by atoms with Crippen LogP contribution in [0.2, 0.25) is 0 Å². The number of urea groups is 1. The van der Waals surface area contributed by atoms with E-state index in [2.05, 4.69) is 10.6 Å². The maximum absolute atomic E-state index is 12.8. The minimum atomic E-state index is -0.419. The minimum Gasteiger partial charge on any atom is -0.395 e. The standard InChI is InChI=1S/C13H16FN3O3/c14-9-1-3-11(4-2-9)17-8-10(7-12(17)19)16-13(20)15-5-6-18/h1-4,10,18H,5-8H2,(H2,15,16,20). The van der Waals surface area contributed by atoms with E-state index >= 15 is 0 Å². The largest absolute Gasteiger partial charge is 0.395 e. The van der Waals surface area contributed by atoms with Gasteiger partial charge in [0.2, 0.25) is 5.91 Å². The molecule has 1 aromatic rings. The van der Waals surface area contributed by atoms with E-state index in [4.69, 9.17) is 5.11 Å². The molecule has 0 spiro atoms. The fourth-order valence-electron chi connectivity index (χ4n) is 2.08. The van der Waals surface area contributed by atoms with E-state index in [-0.39, 0.29) is 37.3 Å². The number of halogens is 1. The van der Waals surface area contributed by atoms with Gasteiger partial charge in [-0.2, -0.15) is 0 Å². The SMILES string of the molecule is O=C(NCCO)NC1CC(=O)N(c2ccc(F)cc2)C1. The number of aliphatic hydroxyl groups excluding tert-OH is 1. The molecule has 0 aromatic heterocycles. The lowest BCUT2D eigenvalue weighted by molar-refractivity contribution is -0.117. The van der Waals surface area contributed by atoms with E-state index in [1.165, 1.54) is 29.2 Å². The lowest BCUT2D eigenvalue weighted by atomic mass is 10.2. The molecule has 0 aliphatic carbocycles. The van der Waals surface area contributed by atoms with Crippen LogP contribution in [0.25, 0.3) is 0 Å². The number of hydrogen-bond donors (Lipinski definition) is 3. The van der Waals surface area contributed by atoms with Gasteiger partial charge in [-0.05, 0) is 24.3 Å². The maximum atomic E-state index is 12.8. The van der Waals surface area contributed by atoms with Gasteiger partial charge in [-0.3, -0.25) is 4.79 Å². The van der Waals surface area contributed by atoms with Crippen LogP contribution in [0.15, 0.2) is 24.3 Å². The highest BCUT2D eigenvalue weighted by Crippen LogP contribution is 2.21. The van der Waals surface area contributed by atoms with Gasteiger partial charge >= 0.3 is 6.03 Å². The summed E-state index contributed by atoms with van der Waals surface area (Å²) < 4.78 is 12.8. The summed E-state index contributed by atoms with van der Waals surface area (Å²) in [6.07, 6.45) is 0.198. The van der Waals surface area contributed by atoms with Crippen molar-refractivity contribution in [3.63, 3.8) is 0 Å². The van der Waals surface area contributed by atoms with Gasteiger partial charge in [-0.15, -0.1) is 0 Å². The molecule has 0 bridgehead atoms. The van der Waals surface area contributed by atoms with E-state index in [0.717, 1.165) is 0 Å². The van der Waals surface area contributed by atoms with Crippen molar-refractivity contribution >= 4 is 17.6 Å². The zero-order chi connectivity index (χ0) is 14.5. The zero-order valence-electron chi connectivity index (χ0n) is 10.8. The molecule has 6 nitrogen and oxygen atoms in total. The molecule has 2 rings (SSSR count). The van der Waals surface area contributed by atoms with Gasteiger partial charge in [0.05, 0.1) is 12.6 Å². The quantitative estimate of drug-likeness (QED) is 0.738. The van der Waals surface area contributed by atoms with Gasteiger partial charge in [0, 0.05) is 25.2 Å². The molecule has 3 amide bonds. The summed E-state index contributed by atoms with van der Waals surface area (Å²) in [5.74, 6) is -0.484. The van der Waals surface area contributed by atoms with Crippen molar-refractivity contribution in [1.82, 2.24) is 10.6 Å². The van der Waals surface area contributed by atoms with Crippen LogP contribution < -0.4 is 15.5 Å². The molecule has 7 heteroatoms. The van der Waals surface area contributed by atoms with E-state index in [0.29, 0.717) is 12.2 Å². The van der Waals surface area contributed by atoms with E-state index in [1.807, 2.05) is 0 Å². The summed E-state index contributed by atoms with van der Waals surface area (Å²) in [5, 5.41) is 13.7. The molecule has 1 aromatic carbocycles. The molecule has 1 saturated heterocycles. The monoisotopic (exact) mass is 281 g/mol. The van der Waals surface area contributed by atoms with Gasteiger partial charge in [0.25, 0.3) is 0 Å². The van der Waals surface area contributed by atoms with Crippen molar-refractivity contribution in [2.24, 2.45) is 0 Å². The van der Waals surface area contributed by atoms with Crippen LogP contribution in [0.5, 0.6) is 0 Å². The Hall–Kier alpha value is -2.15. The molecule has 20 heavy (non-hydrogen) atoms. The van der Waals surface area contributed by atoms with Gasteiger partial charge in [-0.1, -0.05) is 0 Å². The molecule has 108 valence electrons. The first kappa shape index (κ1) is 14.3. The van der Waals surface area contributed by atoms with E-state index in [9.17, 15) is 14.0 Å². The van der Waals surface area contributed by atoms with Gasteiger partial charge in [-0.25, -0.2) is 9.18 Å². The summed E-state index contributed by atoms with van der Waals surface area (Å²) >= 11 is 0. The Morgan fingerprint density at radius 2 is 2.10 bits per heavy atom. The van der Waals surface area contributed by atoms with Crippen molar-refractivity contribution in [2.45, 2.75) is 12.5 Å². The second kappa shape index (κ2) is 6.33. The minimum absolute atomic E-state index is 0.121. The number of hydrogen-bond acceptors (Lipinski definition) is 3. The number of rotatable bonds is 4. The third-order valence-electron chi connectivity index (χ3n) is 3.00. The molecule has 0 radical (unpaired) electrons. The normalized spacial score (nSPS) is 18.2. The van der Waals surface area contributed by atoms with Crippen LogP contribution in [-0.4, -0.2) is 42.8 Å². The second-order valence-corrected chi connectivity index (χ2v) is 4.51. The van der Waals surface area contributed by atoms with Crippen molar-refractivity contribution in [3.8, 4) is 0 Å². The fraction of sp³-hybridized carbons (Fsp3) is 0.385. The number of benzene rings is 1. The molecular formula is C13H16FN3O3. The predicted octanol–water partition coefficient (Wildman–Crippen LogP) is 0.223. The molecule has 1 fully saturated rings. The van der Waals surface area contributed by atoms with Crippen molar-refractivity contribution in [2.75, 3.05) is 24.6 Å². The average molecular weight is 281 g/mol. The van der Waals surface area contributed by atoms with Crippen molar-refractivity contribution < 1.29 is 19.1 Å². The summed E-state index contributed by atoms with van der Waals surface area (Å²) in [7, 11) is 0. The summed E-state index contributed by atoms with van der Waals surface area (Å²) in [6.45, 7) is 0.365. The van der Waals surface area contributed by atoms with Gasteiger partial charge in [0.15, 0.2) is 0 Å². The van der Waals surface area contributed by atoms with Crippen LogP contribution in [0.4, 0.5) is 14.9 Å². The zero-order valence-corrected chi connectivity index (χ0v) is 10.8. The van der Waals surface area contributed by atoms with Gasteiger partial charge < -0.3 is 20.6 Å². The summed E-state index contributed by atoms with van der Waals surface area (Å²) in [6, 6.07) is 4.92. The van der Waals surface area contributed by atoms with Crippen molar-refractivity contribution in [1.29, 1.82) is 0 Å². The molecule has 0 saturated carbocycles. The lowest BCUT2D eigenvalue weighted by Crippen LogP contribution is -2.44. The smallest absolute Gasteiger partial charge is 0.315 e. The van der Waals surface area contributed by atoms with Crippen LogP contribution in [-0.2, 0) is 4.79 Å². The Balaban J connectivity index is 1.93. The Morgan fingerprint density at radius 3 is 2.75 bits per heavy atom. The Morgan fingerprint density at radius 1 is 1.40 bits per heavy atom. The van der Waals surface area contributed by atoms with Crippen LogP contribution in [0, 0.1) is 5.82 Å². The first-order valence-electron chi connectivity index (χ1n) is 6.31. The number of anilines is 1. The Kier molecular flexibility index (Phi) is 4.52. The molecule has 1 atom stereocenters. The van der Waals surface area contributed by atoms with E-state index in [1.54, 1.807) is 0 Å². The predicted molar refractivity (Wildman–Crippen MR) is 70.8 cm³/mol. The first-order chi connectivity index (χ1) is 9.60. The molecule has 1 unspecified atom stereocenters. The molecule has 1 heterocycles. The number of aliphatic hydroxyl groups is 1. The third-order valence-corrected chi connectivity index (χ3v) is 3.00. The summed E-state index contributed by atoms with van der Waals surface area (Å²) in [4.78, 5) is 24.8. The highest BCUT2D eigenvalue weighted by atomic mass is 19.1. The van der Waals surface area contributed by atoms with Crippen molar-refractivity contribution in [3.05, 3.63) is 30.1 Å². The molecular weight excluding hydrogens is 265 g/mol. The number of carbonyl (C=O) groups is 2. The number of nitrogens with zero attached hydrogens (tertiary/aromatic N) is 1. The third kappa shape index (κ3) is 3.45. The summed E-state index contributed by atoms with van der Waals surface area (Å²) in [5.41, 5.74) is 0.608. The highest BCUT2D eigenvalue weighted by Gasteiger charge is 2.31. The van der Waals surface area contributed by atoms with E-state index < -0.39 is 6.03 Å². The second-order valence-electron chi connectivity index (χ2n) is 4.51. The van der Waals surface area contributed by atoms with Crippen LogP contribution in [0.1, 0.15) is 6.42 Å². The highest BCUT2D eigenvalue weighted by molar-refractivity contribution is 5.96. The molecule has 1 aliphatic heterocycles. The van der Waals surface area contributed by atoms with Crippen LogP contribution in [0.3, 0.4) is 0 Å². The Labute approximate surface area is 115 Å². The lowest BCUT2D eigenvalue weighted by Gasteiger charge is -2.17. The number of amides is 3. The molecule has 3 N–H and O–H groups in total. The average Bonchev–Trinajstić information content (AvgIpc) is 2.78. The number of carbonyl (C=O) groups excluding carboxylic acids is 2. The fourth-order valence-corrected chi connectivity index (χ4v) is 2.08. The maximum Gasteiger partial charge on any atom is 0.315 e.